The number of nitrogens with one attached hydrogen (secondary N) is 1. The molecule has 2 rings (SSSR count). The molecular formula is C13H16BrN3S. The Labute approximate surface area is 120 Å². The topological polar surface area (TPSA) is 37.8 Å². The summed E-state index contributed by atoms with van der Waals surface area (Å²) in [6.45, 7) is 3.20. The number of anilines is 1. The van der Waals surface area contributed by atoms with Crippen LogP contribution in [-0.2, 0) is 0 Å². The Hall–Kier alpha value is -0.810. The Morgan fingerprint density at radius 3 is 3.06 bits per heavy atom. The van der Waals surface area contributed by atoms with E-state index in [4.69, 9.17) is 0 Å². The molecule has 2 aromatic heterocycles. The molecule has 1 N–H and O–H groups in total. The van der Waals surface area contributed by atoms with Crippen LogP contribution in [0, 0.1) is 0 Å². The van der Waals surface area contributed by atoms with Gasteiger partial charge in [0.25, 0.3) is 0 Å². The summed E-state index contributed by atoms with van der Waals surface area (Å²) >= 11 is 5.30. The molecule has 1 atom stereocenters. The monoisotopic (exact) mass is 325 g/mol. The molecule has 1 unspecified atom stereocenters. The zero-order valence-corrected chi connectivity index (χ0v) is 12.9. The quantitative estimate of drug-likeness (QED) is 0.903. The fourth-order valence-corrected chi connectivity index (χ4v) is 2.35. The van der Waals surface area contributed by atoms with Crippen molar-refractivity contribution in [1.82, 2.24) is 9.97 Å². The molecule has 96 valence electrons. The van der Waals surface area contributed by atoms with Gasteiger partial charge in [-0.1, -0.05) is 6.92 Å². The summed E-state index contributed by atoms with van der Waals surface area (Å²) in [5.41, 5.74) is 2.89. The number of rotatable bonds is 5. The van der Waals surface area contributed by atoms with Crippen molar-refractivity contribution in [2.75, 3.05) is 18.1 Å². The van der Waals surface area contributed by atoms with E-state index in [9.17, 15) is 0 Å². The van der Waals surface area contributed by atoms with E-state index in [0.717, 1.165) is 34.2 Å². The summed E-state index contributed by atoms with van der Waals surface area (Å²) in [7, 11) is 0. The predicted octanol–water partition coefficient (Wildman–Crippen LogP) is 3.95. The van der Waals surface area contributed by atoms with Crippen LogP contribution >= 0.6 is 27.7 Å². The van der Waals surface area contributed by atoms with Crippen molar-refractivity contribution < 1.29 is 0 Å². The first-order valence-corrected chi connectivity index (χ1v) is 7.95. The molecule has 0 fully saturated rings. The lowest BCUT2D eigenvalue weighted by Gasteiger charge is -2.11. The molecule has 2 aromatic rings. The van der Waals surface area contributed by atoms with Gasteiger partial charge in [0.2, 0.25) is 0 Å². The van der Waals surface area contributed by atoms with Gasteiger partial charge < -0.3 is 5.32 Å². The summed E-state index contributed by atoms with van der Waals surface area (Å²) in [6, 6.07) is 3.96. The zero-order chi connectivity index (χ0) is 13.0. The summed E-state index contributed by atoms with van der Waals surface area (Å²) in [5.74, 6) is 0. The lowest BCUT2D eigenvalue weighted by molar-refractivity contribution is 0.854. The van der Waals surface area contributed by atoms with Crippen LogP contribution in [0.3, 0.4) is 0 Å². The summed E-state index contributed by atoms with van der Waals surface area (Å²) in [4.78, 5) is 8.75. The van der Waals surface area contributed by atoms with Crippen molar-refractivity contribution in [1.29, 1.82) is 0 Å². The van der Waals surface area contributed by atoms with Gasteiger partial charge in [-0.25, -0.2) is 0 Å². The van der Waals surface area contributed by atoms with E-state index >= 15 is 0 Å². The maximum absolute atomic E-state index is 4.42. The minimum Gasteiger partial charge on any atom is -0.383 e. The number of aromatic nitrogens is 2. The first kappa shape index (κ1) is 13.6. The van der Waals surface area contributed by atoms with Gasteiger partial charge in [-0.05, 0) is 40.7 Å². The Bertz CT molecular complexity index is 533. The second kappa shape index (κ2) is 6.38. The van der Waals surface area contributed by atoms with E-state index in [1.165, 1.54) is 0 Å². The molecule has 0 saturated carbocycles. The maximum Gasteiger partial charge on any atom is 0.112 e. The van der Waals surface area contributed by atoms with E-state index in [0.29, 0.717) is 5.25 Å². The Morgan fingerprint density at radius 2 is 2.28 bits per heavy atom. The van der Waals surface area contributed by atoms with Crippen molar-refractivity contribution in [2.24, 2.45) is 0 Å². The number of thioether (sulfide) groups is 1. The number of hydrogen-bond donors (Lipinski definition) is 1. The van der Waals surface area contributed by atoms with Gasteiger partial charge in [0, 0.05) is 28.7 Å². The van der Waals surface area contributed by atoms with Crippen LogP contribution in [0.25, 0.3) is 11.0 Å². The average Bonchev–Trinajstić information content (AvgIpc) is 2.38. The average molecular weight is 326 g/mol. The molecule has 0 aliphatic heterocycles. The molecule has 0 aliphatic rings. The third kappa shape index (κ3) is 3.36. The lowest BCUT2D eigenvalue weighted by Crippen LogP contribution is -2.08. The number of halogens is 1. The normalized spacial score (nSPS) is 12.6. The molecular weight excluding hydrogens is 310 g/mol. The van der Waals surface area contributed by atoms with Crippen molar-refractivity contribution in [2.45, 2.75) is 18.6 Å². The molecule has 0 saturated heterocycles. The van der Waals surface area contributed by atoms with Gasteiger partial charge in [-0.15, -0.1) is 0 Å². The smallest absolute Gasteiger partial charge is 0.112 e. The summed E-state index contributed by atoms with van der Waals surface area (Å²) < 4.78 is 0.954. The molecule has 18 heavy (non-hydrogen) atoms. The van der Waals surface area contributed by atoms with Crippen LogP contribution in [0.15, 0.2) is 29.0 Å². The largest absolute Gasteiger partial charge is 0.383 e. The molecule has 0 spiro atoms. The van der Waals surface area contributed by atoms with Gasteiger partial charge in [0.15, 0.2) is 0 Å². The SMILES string of the molecule is CSC(C)CCNc1ccnc2cc(Br)cnc12. The highest BCUT2D eigenvalue weighted by molar-refractivity contribution is 9.10. The van der Waals surface area contributed by atoms with Crippen molar-refractivity contribution in [3.63, 3.8) is 0 Å². The summed E-state index contributed by atoms with van der Waals surface area (Å²) in [5, 5.41) is 4.11. The highest BCUT2D eigenvalue weighted by Crippen LogP contribution is 2.22. The van der Waals surface area contributed by atoms with Crippen molar-refractivity contribution in [3.05, 3.63) is 29.0 Å². The standard InChI is InChI=1S/C13H16BrN3S/c1-9(18-2)3-5-15-11-4-6-16-12-7-10(14)8-17-13(11)12/h4,6-9H,3,5H2,1-2H3,(H,15,16). The molecule has 0 aromatic carbocycles. The molecule has 0 aliphatic carbocycles. The molecule has 2 heterocycles. The van der Waals surface area contributed by atoms with E-state index in [1.54, 1.807) is 6.20 Å². The number of hydrogen-bond acceptors (Lipinski definition) is 4. The van der Waals surface area contributed by atoms with Gasteiger partial charge in [-0.3, -0.25) is 9.97 Å². The minimum absolute atomic E-state index is 0.674. The van der Waals surface area contributed by atoms with Gasteiger partial charge in [0.1, 0.15) is 5.52 Å². The van der Waals surface area contributed by atoms with E-state index in [2.05, 4.69) is 44.4 Å². The third-order valence-electron chi connectivity index (χ3n) is 2.81. The lowest BCUT2D eigenvalue weighted by atomic mass is 10.2. The summed E-state index contributed by atoms with van der Waals surface area (Å²) in [6.07, 6.45) is 6.91. The van der Waals surface area contributed by atoms with Crippen molar-refractivity contribution >= 4 is 44.4 Å². The first-order chi connectivity index (χ1) is 8.70. The third-order valence-corrected chi connectivity index (χ3v) is 4.29. The Kier molecular flexibility index (Phi) is 4.83. The van der Waals surface area contributed by atoms with Crippen LogP contribution < -0.4 is 5.32 Å². The van der Waals surface area contributed by atoms with Gasteiger partial charge in [-0.2, -0.15) is 11.8 Å². The second-order valence-corrected chi connectivity index (χ2v) is 6.33. The van der Waals surface area contributed by atoms with Crippen LogP contribution in [0.1, 0.15) is 13.3 Å². The Morgan fingerprint density at radius 1 is 1.44 bits per heavy atom. The van der Waals surface area contributed by atoms with Crippen LogP contribution in [0.2, 0.25) is 0 Å². The maximum atomic E-state index is 4.42. The number of nitrogens with zero attached hydrogens (tertiary/aromatic N) is 2. The highest BCUT2D eigenvalue weighted by atomic mass is 79.9. The number of pyridine rings is 2. The second-order valence-electron chi connectivity index (χ2n) is 4.14. The number of fused-ring (bicyclic) bond motifs is 1. The van der Waals surface area contributed by atoms with Crippen LogP contribution in [0.5, 0.6) is 0 Å². The predicted molar refractivity (Wildman–Crippen MR) is 83.3 cm³/mol. The molecule has 3 nitrogen and oxygen atoms in total. The Balaban J connectivity index is 2.13. The molecule has 5 heteroatoms. The molecule has 0 radical (unpaired) electrons. The first-order valence-electron chi connectivity index (χ1n) is 5.87. The fourth-order valence-electron chi connectivity index (χ4n) is 1.68. The molecule has 0 bridgehead atoms. The minimum atomic E-state index is 0.674. The van der Waals surface area contributed by atoms with E-state index < -0.39 is 0 Å². The van der Waals surface area contributed by atoms with Crippen molar-refractivity contribution in [3.8, 4) is 0 Å². The van der Waals surface area contributed by atoms with Crippen LogP contribution in [-0.4, -0.2) is 28.0 Å². The molecule has 0 amide bonds. The van der Waals surface area contributed by atoms with Crippen LogP contribution in [0.4, 0.5) is 5.69 Å². The zero-order valence-electron chi connectivity index (χ0n) is 10.5. The van der Waals surface area contributed by atoms with E-state index in [-0.39, 0.29) is 0 Å². The highest BCUT2D eigenvalue weighted by Gasteiger charge is 2.04. The van der Waals surface area contributed by atoms with Gasteiger partial charge in [0.05, 0.1) is 11.2 Å². The van der Waals surface area contributed by atoms with E-state index in [1.807, 2.05) is 30.1 Å². The fraction of sp³-hybridized carbons (Fsp3) is 0.385. The van der Waals surface area contributed by atoms with Gasteiger partial charge >= 0.3 is 0 Å².